The van der Waals surface area contributed by atoms with Gasteiger partial charge in [-0.1, -0.05) is 30.5 Å². The van der Waals surface area contributed by atoms with E-state index in [1.54, 1.807) is 6.20 Å². The highest BCUT2D eigenvalue weighted by Crippen LogP contribution is 2.41. The normalized spacial score (nSPS) is 20.6. The van der Waals surface area contributed by atoms with Gasteiger partial charge in [0.25, 0.3) is 0 Å². The summed E-state index contributed by atoms with van der Waals surface area (Å²) in [4.78, 5) is 6.81. The zero-order valence-corrected chi connectivity index (χ0v) is 13.8. The van der Waals surface area contributed by atoms with E-state index in [0.29, 0.717) is 11.2 Å². The van der Waals surface area contributed by atoms with Gasteiger partial charge < -0.3 is 5.32 Å². The Hall–Kier alpha value is -0.0600. The lowest BCUT2D eigenvalue weighted by atomic mass is 10.0. The molecule has 1 atom stereocenters. The van der Waals surface area contributed by atoms with Crippen molar-refractivity contribution in [3.63, 3.8) is 0 Å². The second-order valence-electron chi connectivity index (χ2n) is 5.36. The molecule has 2 heterocycles. The Labute approximate surface area is 138 Å². The molecular formula is C14H22Cl3N3. The van der Waals surface area contributed by atoms with Crippen molar-refractivity contribution < 1.29 is 0 Å². The average molecular weight is 339 g/mol. The van der Waals surface area contributed by atoms with E-state index in [4.69, 9.17) is 11.6 Å². The molecule has 6 heteroatoms. The van der Waals surface area contributed by atoms with Crippen LogP contribution in [0.3, 0.4) is 0 Å². The molecular weight excluding hydrogens is 317 g/mol. The fourth-order valence-electron chi connectivity index (χ4n) is 2.78. The maximum atomic E-state index is 6.29. The van der Waals surface area contributed by atoms with E-state index in [1.807, 2.05) is 6.07 Å². The number of nitrogens with one attached hydrogen (secondary N) is 1. The van der Waals surface area contributed by atoms with Crippen LogP contribution in [0.5, 0.6) is 0 Å². The van der Waals surface area contributed by atoms with Gasteiger partial charge in [0.2, 0.25) is 0 Å². The van der Waals surface area contributed by atoms with Gasteiger partial charge in [-0.3, -0.25) is 4.90 Å². The summed E-state index contributed by atoms with van der Waals surface area (Å²) in [6.07, 6.45) is 5.80. The van der Waals surface area contributed by atoms with Crippen LogP contribution in [0.15, 0.2) is 18.3 Å². The first kappa shape index (κ1) is 18.0. The van der Waals surface area contributed by atoms with Gasteiger partial charge >= 0.3 is 0 Å². The van der Waals surface area contributed by atoms with Crippen molar-refractivity contribution >= 4 is 36.4 Å². The van der Waals surface area contributed by atoms with E-state index >= 15 is 0 Å². The van der Waals surface area contributed by atoms with Crippen LogP contribution in [0.2, 0.25) is 5.15 Å². The highest BCUT2D eigenvalue weighted by Gasteiger charge is 2.31. The Kier molecular flexibility index (Phi) is 7.56. The molecule has 1 N–H and O–H groups in total. The number of hydrogen-bond acceptors (Lipinski definition) is 3. The lowest BCUT2D eigenvalue weighted by molar-refractivity contribution is 0.160. The molecule has 0 unspecified atom stereocenters. The number of piperazine rings is 1. The molecule has 0 spiro atoms. The molecule has 1 saturated heterocycles. The van der Waals surface area contributed by atoms with E-state index in [2.05, 4.69) is 21.3 Å². The van der Waals surface area contributed by atoms with Gasteiger partial charge in [0.05, 0.1) is 0 Å². The maximum Gasteiger partial charge on any atom is 0.133 e. The molecule has 0 radical (unpaired) electrons. The molecule has 1 aliphatic carbocycles. The van der Waals surface area contributed by atoms with Gasteiger partial charge in [0.1, 0.15) is 5.15 Å². The van der Waals surface area contributed by atoms with Crippen molar-refractivity contribution in [2.75, 3.05) is 26.2 Å². The molecule has 3 rings (SSSR count). The first-order valence-corrected chi connectivity index (χ1v) is 7.27. The zero-order valence-electron chi connectivity index (χ0n) is 11.4. The van der Waals surface area contributed by atoms with Crippen molar-refractivity contribution in [3.05, 3.63) is 29.0 Å². The number of rotatable bonds is 4. The van der Waals surface area contributed by atoms with Gasteiger partial charge in [-0.05, 0) is 18.4 Å². The van der Waals surface area contributed by atoms with Crippen molar-refractivity contribution in [2.45, 2.75) is 25.3 Å². The smallest absolute Gasteiger partial charge is 0.133 e. The summed E-state index contributed by atoms with van der Waals surface area (Å²) in [5.41, 5.74) is 1.22. The summed E-state index contributed by atoms with van der Waals surface area (Å²) in [5, 5.41) is 4.10. The number of pyridine rings is 1. The van der Waals surface area contributed by atoms with Crippen LogP contribution in [-0.2, 0) is 0 Å². The van der Waals surface area contributed by atoms with Crippen molar-refractivity contribution in [2.24, 2.45) is 5.92 Å². The predicted octanol–water partition coefficient (Wildman–Crippen LogP) is 3.33. The number of halogens is 3. The number of aromatic nitrogens is 1. The van der Waals surface area contributed by atoms with Crippen molar-refractivity contribution in [1.82, 2.24) is 15.2 Å². The lowest BCUT2D eigenvalue weighted by Crippen LogP contribution is -2.45. The standard InChI is InChI=1S/C14H20ClN3.2ClH/c15-14-12(2-1-5-17-14)13(10-11-3-4-11)18-8-6-16-7-9-18;;/h1-2,5,11,13,16H,3-4,6-10H2;2*1H/t13-;;/m0../s1. The zero-order chi connectivity index (χ0) is 12.4. The van der Waals surface area contributed by atoms with E-state index < -0.39 is 0 Å². The molecule has 0 aromatic carbocycles. The monoisotopic (exact) mass is 337 g/mol. The molecule has 2 fully saturated rings. The molecule has 0 bridgehead atoms. The SMILES string of the molecule is Cl.Cl.Clc1ncccc1[C@H](CC1CC1)N1CCNCC1. The van der Waals surface area contributed by atoms with Crippen LogP contribution in [0.4, 0.5) is 0 Å². The molecule has 2 aliphatic rings. The van der Waals surface area contributed by atoms with Gasteiger partial charge in [-0.15, -0.1) is 24.8 Å². The molecule has 1 aromatic rings. The summed E-state index contributed by atoms with van der Waals surface area (Å²) >= 11 is 6.29. The first-order valence-electron chi connectivity index (χ1n) is 6.90. The summed E-state index contributed by atoms with van der Waals surface area (Å²) in [6.45, 7) is 4.39. The Morgan fingerprint density at radius 2 is 2.00 bits per heavy atom. The van der Waals surface area contributed by atoms with E-state index in [1.165, 1.54) is 24.8 Å². The highest BCUT2D eigenvalue weighted by molar-refractivity contribution is 6.30. The molecule has 20 heavy (non-hydrogen) atoms. The van der Waals surface area contributed by atoms with Crippen molar-refractivity contribution in [3.8, 4) is 0 Å². The fourth-order valence-corrected chi connectivity index (χ4v) is 3.03. The Bertz CT molecular complexity index is 406. The van der Waals surface area contributed by atoms with Crippen LogP contribution in [0, 0.1) is 5.92 Å². The van der Waals surface area contributed by atoms with E-state index in [-0.39, 0.29) is 24.8 Å². The minimum absolute atomic E-state index is 0. The summed E-state index contributed by atoms with van der Waals surface area (Å²) in [6, 6.07) is 4.61. The molecule has 114 valence electrons. The summed E-state index contributed by atoms with van der Waals surface area (Å²) in [7, 11) is 0. The Morgan fingerprint density at radius 1 is 1.30 bits per heavy atom. The van der Waals surface area contributed by atoms with Crippen molar-refractivity contribution in [1.29, 1.82) is 0 Å². The largest absolute Gasteiger partial charge is 0.314 e. The van der Waals surface area contributed by atoms with E-state index in [9.17, 15) is 0 Å². The van der Waals surface area contributed by atoms with E-state index in [0.717, 1.165) is 32.1 Å². The third-order valence-corrected chi connectivity index (χ3v) is 4.31. The predicted molar refractivity (Wildman–Crippen MR) is 88.3 cm³/mol. The quantitative estimate of drug-likeness (QED) is 0.854. The van der Waals surface area contributed by atoms with Crippen LogP contribution >= 0.6 is 36.4 Å². The van der Waals surface area contributed by atoms with Gasteiger partial charge in [0, 0.05) is 44.0 Å². The fraction of sp³-hybridized carbons (Fsp3) is 0.643. The number of hydrogen-bond donors (Lipinski definition) is 1. The molecule has 3 nitrogen and oxygen atoms in total. The molecule has 0 amide bonds. The van der Waals surface area contributed by atoms with Gasteiger partial charge in [-0.2, -0.15) is 0 Å². The topological polar surface area (TPSA) is 28.2 Å². The van der Waals surface area contributed by atoms with Crippen LogP contribution < -0.4 is 5.32 Å². The second-order valence-corrected chi connectivity index (χ2v) is 5.72. The molecule has 1 saturated carbocycles. The third kappa shape index (κ3) is 4.47. The number of nitrogens with zero attached hydrogens (tertiary/aromatic N) is 2. The first-order chi connectivity index (χ1) is 8.84. The van der Waals surface area contributed by atoms with Gasteiger partial charge in [0.15, 0.2) is 0 Å². The van der Waals surface area contributed by atoms with Gasteiger partial charge in [-0.25, -0.2) is 4.98 Å². The minimum atomic E-state index is 0. The Balaban J connectivity index is 0.000001000. The Morgan fingerprint density at radius 3 is 2.60 bits per heavy atom. The summed E-state index contributed by atoms with van der Waals surface area (Å²) in [5.74, 6) is 0.904. The molecule has 1 aliphatic heterocycles. The van der Waals surface area contributed by atoms with Crippen LogP contribution in [-0.4, -0.2) is 36.1 Å². The molecule has 1 aromatic heterocycles. The maximum absolute atomic E-state index is 6.29. The van der Waals surface area contributed by atoms with Crippen LogP contribution in [0.25, 0.3) is 0 Å². The minimum Gasteiger partial charge on any atom is -0.314 e. The average Bonchev–Trinajstić information content (AvgIpc) is 3.22. The van der Waals surface area contributed by atoms with Crippen LogP contribution in [0.1, 0.15) is 30.9 Å². The summed E-state index contributed by atoms with van der Waals surface area (Å²) < 4.78 is 0. The second kappa shape index (κ2) is 8.40. The third-order valence-electron chi connectivity index (χ3n) is 3.99. The highest BCUT2D eigenvalue weighted by atomic mass is 35.5. The lowest BCUT2D eigenvalue weighted by Gasteiger charge is -2.35.